The van der Waals surface area contributed by atoms with Crippen LogP contribution in [0.3, 0.4) is 0 Å². The third kappa shape index (κ3) is 4.54. The second-order valence-corrected chi connectivity index (χ2v) is 7.56. The first-order chi connectivity index (χ1) is 14.6. The average Bonchev–Trinajstić information content (AvgIpc) is 3.21. The van der Waals surface area contributed by atoms with Crippen LogP contribution in [0.1, 0.15) is 31.5 Å². The molecule has 2 aromatic carbocycles. The maximum absolute atomic E-state index is 6.16. The van der Waals surface area contributed by atoms with Gasteiger partial charge < -0.3 is 14.8 Å². The molecule has 0 aliphatic carbocycles. The normalized spacial score (nSPS) is 11.9. The molecule has 1 aliphatic heterocycles. The Morgan fingerprint density at radius 2 is 1.87 bits per heavy atom. The van der Waals surface area contributed by atoms with Gasteiger partial charge in [0.15, 0.2) is 5.82 Å². The largest absolute Gasteiger partial charge is 0.493 e. The minimum Gasteiger partial charge on any atom is -0.493 e. The van der Waals surface area contributed by atoms with Gasteiger partial charge in [0, 0.05) is 23.5 Å². The molecule has 0 unspecified atom stereocenters. The summed E-state index contributed by atoms with van der Waals surface area (Å²) in [5.74, 6) is 3.60. The fourth-order valence-corrected chi connectivity index (χ4v) is 3.07. The number of nitrogens with zero attached hydrogens (tertiary/aromatic N) is 3. The van der Waals surface area contributed by atoms with Crippen LogP contribution in [0, 0.1) is 12.8 Å². The summed E-state index contributed by atoms with van der Waals surface area (Å²) in [5, 5.41) is 7.71. The highest BCUT2D eigenvalue weighted by Gasteiger charge is 2.16. The summed E-state index contributed by atoms with van der Waals surface area (Å²) in [6.07, 6.45) is 6.15. The molecule has 0 saturated heterocycles. The van der Waals surface area contributed by atoms with Gasteiger partial charge in [0.1, 0.15) is 29.3 Å². The maximum atomic E-state index is 6.16. The van der Waals surface area contributed by atoms with Crippen LogP contribution in [-0.4, -0.2) is 16.6 Å². The molecule has 1 aromatic heterocycles. The van der Waals surface area contributed by atoms with E-state index in [0.29, 0.717) is 18.3 Å². The van der Waals surface area contributed by atoms with Crippen molar-refractivity contribution in [2.45, 2.75) is 27.2 Å². The summed E-state index contributed by atoms with van der Waals surface area (Å²) in [7, 11) is 0. The van der Waals surface area contributed by atoms with Crippen molar-refractivity contribution in [2.75, 3.05) is 11.9 Å². The second-order valence-electron chi connectivity index (χ2n) is 7.56. The van der Waals surface area contributed by atoms with Gasteiger partial charge >= 0.3 is 0 Å². The van der Waals surface area contributed by atoms with Gasteiger partial charge in [-0.3, -0.25) is 5.32 Å². The average molecular weight is 401 g/mol. The molecule has 6 heteroatoms. The third-order valence-corrected chi connectivity index (χ3v) is 4.82. The first-order valence-corrected chi connectivity index (χ1v) is 10.1. The highest BCUT2D eigenvalue weighted by Crippen LogP contribution is 2.35. The first-order valence-electron chi connectivity index (χ1n) is 10.1. The number of ether oxygens (including phenoxy) is 2. The molecule has 0 fully saturated rings. The van der Waals surface area contributed by atoms with E-state index in [4.69, 9.17) is 9.47 Å². The van der Waals surface area contributed by atoms with Crippen molar-refractivity contribution in [2.24, 2.45) is 5.92 Å². The molecule has 1 N–H and O–H groups in total. The van der Waals surface area contributed by atoms with Crippen LogP contribution >= 0.6 is 0 Å². The van der Waals surface area contributed by atoms with E-state index in [-0.39, 0.29) is 0 Å². The van der Waals surface area contributed by atoms with E-state index < -0.39 is 0 Å². The molecule has 6 nitrogen and oxygen atoms in total. The lowest BCUT2D eigenvalue weighted by molar-refractivity contribution is 0.288. The predicted octanol–water partition coefficient (Wildman–Crippen LogP) is 5.97. The Balaban J connectivity index is 1.49. The Hall–Kier alpha value is -3.54. The number of benzene rings is 2. The summed E-state index contributed by atoms with van der Waals surface area (Å²) in [4.78, 5) is 8.57. The van der Waals surface area contributed by atoms with Crippen molar-refractivity contribution in [3.8, 4) is 17.2 Å². The van der Waals surface area contributed by atoms with Crippen molar-refractivity contribution in [3.63, 3.8) is 0 Å². The number of hydrogen-bond acceptors (Lipinski definition) is 5. The van der Waals surface area contributed by atoms with E-state index in [0.717, 1.165) is 46.3 Å². The van der Waals surface area contributed by atoms with Crippen molar-refractivity contribution in [1.82, 2.24) is 15.3 Å². The molecular weight excluding hydrogens is 376 g/mol. The quantitative estimate of drug-likeness (QED) is 0.504. The molecule has 0 amide bonds. The van der Waals surface area contributed by atoms with Crippen LogP contribution in [0.25, 0.3) is 6.08 Å². The Morgan fingerprint density at radius 1 is 1.03 bits per heavy atom. The molecule has 0 atom stereocenters. The topological polar surface area (TPSA) is 70.4 Å². The van der Waals surface area contributed by atoms with Gasteiger partial charge in [0.2, 0.25) is 0 Å². The molecule has 3 aromatic rings. The number of aromatic nitrogens is 2. The molecule has 0 bridgehead atoms. The minimum atomic E-state index is 0.613. The van der Waals surface area contributed by atoms with E-state index in [1.54, 1.807) is 6.20 Å². The van der Waals surface area contributed by atoms with E-state index in [1.807, 2.05) is 55.5 Å². The number of fused-ring (bicyclic) bond motifs is 1. The SMILES string of the molecule is Cc1c(Nc2ncnc3c2[N]C=C3)cccc1Oc1cccc(OCCC(C)C)c1. The van der Waals surface area contributed by atoms with Crippen LogP contribution in [0.5, 0.6) is 17.2 Å². The van der Waals surface area contributed by atoms with Crippen LogP contribution in [0.2, 0.25) is 0 Å². The van der Waals surface area contributed by atoms with Crippen molar-refractivity contribution in [1.29, 1.82) is 0 Å². The Bertz CT molecular complexity index is 1060. The fraction of sp³-hybridized carbons (Fsp3) is 0.250. The zero-order chi connectivity index (χ0) is 20.9. The lowest BCUT2D eigenvalue weighted by Crippen LogP contribution is -2.02. The van der Waals surface area contributed by atoms with E-state index in [9.17, 15) is 0 Å². The highest BCUT2D eigenvalue weighted by atomic mass is 16.5. The number of hydrogen-bond donors (Lipinski definition) is 1. The fourth-order valence-electron chi connectivity index (χ4n) is 3.07. The van der Waals surface area contributed by atoms with E-state index in [2.05, 4.69) is 34.4 Å². The van der Waals surface area contributed by atoms with Crippen LogP contribution < -0.4 is 20.1 Å². The molecule has 1 aliphatic rings. The molecular formula is C24H25N4O2. The zero-order valence-corrected chi connectivity index (χ0v) is 17.4. The summed E-state index contributed by atoms with van der Waals surface area (Å²) in [6.45, 7) is 7.08. The Kier molecular flexibility index (Phi) is 5.84. The smallest absolute Gasteiger partial charge is 0.160 e. The molecule has 0 spiro atoms. The minimum absolute atomic E-state index is 0.613. The second kappa shape index (κ2) is 8.86. The molecule has 153 valence electrons. The van der Waals surface area contributed by atoms with Crippen LogP contribution in [0.15, 0.2) is 55.0 Å². The van der Waals surface area contributed by atoms with E-state index >= 15 is 0 Å². The van der Waals surface area contributed by atoms with Gasteiger partial charge in [-0.25, -0.2) is 9.97 Å². The standard InChI is InChI=1S/C24H25N4O2/c1-16(2)11-13-29-18-6-4-7-19(14-18)30-22-9-5-8-20(17(22)3)28-24-23-21(10-12-25-23)26-15-27-24/h4-10,12,14-16H,11,13H2,1-3H3,(H,26,27,28). The summed E-state index contributed by atoms with van der Waals surface area (Å²) < 4.78 is 12.0. The lowest BCUT2D eigenvalue weighted by Gasteiger charge is -2.15. The zero-order valence-electron chi connectivity index (χ0n) is 17.4. The first kappa shape index (κ1) is 19.8. The van der Waals surface area contributed by atoms with Gasteiger partial charge in [0.25, 0.3) is 0 Å². The molecule has 2 heterocycles. The highest BCUT2D eigenvalue weighted by molar-refractivity contribution is 5.79. The third-order valence-electron chi connectivity index (χ3n) is 4.82. The van der Waals surface area contributed by atoms with Gasteiger partial charge in [-0.2, -0.15) is 0 Å². The van der Waals surface area contributed by atoms with Gasteiger partial charge in [-0.05, 0) is 49.6 Å². The Morgan fingerprint density at radius 3 is 2.73 bits per heavy atom. The molecule has 0 saturated carbocycles. The molecule has 4 rings (SSSR count). The molecule has 30 heavy (non-hydrogen) atoms. The number of nitrogens with one attached hydrogen (secondary N) is 1. The summed E-state index contributed by atoms with van der Waals surface area (Å²) in [5.41, 5.74) is 3.43. The van der Waals surface area contributed by atoms with Crippen LogP contribution in [-0.2, 0) is 0 Å². The van der Waals surface area contributed by atoms with Crippen molar-refractivity contribution in [3.05, 3.63) is 66.2 Å². The van der Waals surface area contributed by atoms with E-state index in [1.165, 1.54) is 6.33 Å². The monoisotopic (exact) mass is 401 g/mol. The van der Waals surface area contributed by atoms with Gasteiger partial charge in [-0.1, -0.05) is 26.0 Å². The number of rotatable bonds is 8. The lowest BCUT2D eigenvalue weighted by atomic mass is 10.1. The molecule has 1 radical (unpaired) electrons. The predicted molar refractivity (Wildman–Crippen MR) is 119 cm³/mol. The maximum Gasteiger partial charge on any atom is 0.160 e. The van der Waals surface area contributed by atoms with Crippen molar-refractivity contribution >= 4 is 23.3 Å². The number of anilines is 2. The van der Waals surface area contributed by atoms with Gasteiger partial charge in [-0.15, -0.1) is 0 Å². The summed E-state index contributed by atoms with van der Waals surface area (Å²) >= 11 is 0. The van der Waals surface area contributed by atoms with Gasteiger partial charge in [0.05, 0.1) is 12.3 Å². The van der Waals surface area contributed by atoms with Crippen molar-refractivity contribution < 1.29 is 9.47 Å². The Labute approximate surface area is 177 Å². The van der Waals surface area contributed by atoms with Crippen LogP contribution in [0.4, 0.5) is 17.2 Å². The summed E-state index contributed by atoms with van der Waals surface area (Å²) in [6, 6.07) is 13.6.